The minimum Gasteiger partial charge on any atom is -0.103 e. The molecule has 0 aliphatic rings. The molecule has 0 N–H and O–H groups in total. The van der Waals surface area contributed by atoms with Crippen molar-refractivity contribution in [3.8, 4) is 22.3 Å². The maximum absolute atomic E-state index is 3.95. The van der Waals surface area contributed by atoms with Gasteiger partial charge in [-0.1, -0.05) is 140 Å². The van der Waals surface area contributed by atoms with Gasteiger partial charge >= 0.3 is 0 Å². The molecule has 0 bridgehead atoms. The highest BCUT2D eigenvalue weighted by molar-refractivity contribution is 6.05. The first-order valence-electron chi connectivity index (χ1n) is 12.7. The van der Waals surface area contributed by atoms with E-state index in [1.807, 2.05) is 18.2 Å². The summed E-state index contributed by atoms with van der Waals surface area (Å²) in [6, 6.07) is 46.9. The van der Waals surface area contributed by atoms with Gasteiger partial charge in [0.1, 0.15) is 0 Å². The summed E-state index contributed by atoms with van der Waals surface area (Å²) in [6.07, 6.45) is 4.79. The normalized spacial score (nSPS) is 10.5. The monoisotopic (exact) mass is 474 g/mol. The van der Waals surface area contributed by atoms with Gasteiger partial charge in [0.2, 0.25) is 0 Å². The molecular formula is C37H30. The summed E-state index contributed by atoms with van der Waals surface area (Å²) < 4.78 is 0. The van der Waals surface area contributed by atoms with Crippen LogP contribution in [0.2, 0.25) is 0 Å². The molecule has 178 valence electrons. The summed E-state index contributed by atoms with van der Waals surface area (Å²) in [5, 5.41) is 5.12. The SMILES string of the molecule is C=CCc1ccccc1-c1ccccc1.C=Cc1ccccc1-c1cccc2cc3ccccc3cc12. The molecule has 0 spiro atoms. The third-order valence-corrected chi connectivity index (χ3v) is 6.68. The van der Waals surface area contributed by atoms with Crippen molar-refractivity contribution in [2.24, 2.45) is 0 Å². The summed E-state index contributed by atoms with van der Waals surface area (Å²) >= 11 is 0. The van der Waals surface area contributed by atoms with E-state index in [4.69, 9.17) is 0 Å². The Balaban J connectivity index is 0.000000164. The van der Waals surface area contributed by atoms with Crippen LogP contribution in [0.3, 0.4) is 0 Å². The summed E-state index contributed by atoms with van der Waals surface area (Å²) in [6.45, 7) is 7.74. The zero-order valence-electron chi connectivity index (χ0n) is 21.0. The molecule has 0 unspecified atom stereocenters. The van der Waals surface area contributed by atoms with Crippen molar-refractivity contribution in [3.63, 3.8) is 0 Å². The molecule has 0 aliphatic heterocycles. The van der Waals surface area contributed by atoms with E-state index in [2.05, 4.69) is 141 Å². The molecule has 0 heterocycles. The van der Waals surface area contributed by atoms with Crippen LogP contribution in [0.5, 0.6) is 0 Å². The fraction of sp³-hybridized carbons (Fsp3) is 0.0270. The van der Waals surface area contributed by atoms with Crippen LogP contribution >= 0.6 is 0 Å². The average Bonchev–Trinajstić information content (AvgIpc) is 2.97. The molecule has 0 atom stereocenters. The predicted molar refractivity (Wildman–Crippen MR) is 163 cm³/mol. The van der Waals surface area contributed by atoms with Crippen molar-refractivity contribution in [1.29, 1.82) is 0 Å². The average molecular weight is 475 g/mol. The Morgan fingerprint density at radius 2 is 1.08 bits per heavy atom. The van der Waals surface area contributed by atoms with Crippen molar-refractivity contribution < 1.29 is 0 Å². The van der Waals surface area contributed by atoms with Gasteiger partial charge < -0.3 is 0 Å². The molecule has 0 amide bonds. The summed E-state index contributed by atoms with van der Waals surface area (Å²) in [5.74, 6) is 0. The highest BCUT2D eigenvalue weighted by Crippen LogP contribution is 2.34. The van der Waals surface area contributed by atoms with E-state index in [1.54, 1.807) is 0 Å². The van der Waals surface area contributed by atoms with Crippen LogP contribution in [0, 0.1) is 0 Å². The van der Waals surface area contributed by atoms with Crippen LogP contribution < -0.4 is 0 Å². The number of hydrogen-bond donors (Lipinski definition) is 0. The van der Waals surface area contributed by atoms with Gasteiger partial charge in [-0.3, -0.25) is 0 Å². The molecule has 0 fully saturated rings. The quantitative estimate of drug-likeness (QED) is 0.172. The van der Waals surface area contributed by atoms with E-state index in [1.165, 1.54) is 54.9 Å². The lowest BCUT2D eigenvalue weighted by atomic mass is 9.93. The van der Waals surface area contributed by atoms with Crippen molar-refractivity contribution >= 4 is 27.6 Å². The molecule has 0 saturated carbocycles. The standard InChI is InChI=1S/C22H16.C15H14/c1-2-16-8-5-6-12-20(16)21-13-7-11-19-14-17-9-3-4-10-18(17)15-22(19)21;1-2-8-13-11-6-7-12-15(13)14-9-4-3-5-10-14/h2-15H,1H2;2-7,9-12H,1,8H2. The van der Waals surface area contributed by atoms with Gasteiger partial charge in [0.05, 0.1) is 0 Å². The third kappa shape index (κ3) is 5.29. The minimum absolute atomic E-state index is 0.922. The molecule has 0 nitrogen and oxygen atoms in total. The molecule has 0 radical (unpaired) electrons. The van der Waals surface area contributed by atoms with E-state index in [9.17, 15) is 0 Å². The summed E-state index contributed by atoms with van der Waals surface area (Å²) in [4.78, 5) is 0. The van der Waals surface area contributed by atoms with Crippen LogP contribution in [0.15, 0.2) is 153 Å². The smallest absolute Gasteiger partial charge is 0.00940 e. The van der Waals surface area contributed by atoms with Crippen LogP contribution in [0.1, 0.15) is 11.1 Å². The summed E-state index contributed by atoms with van der Waals surface area (Å²) in [7, 11) is 0. The Hall–Kier alpha value is -4.68. The molecule has 0 aromatic heterocycles. The Labute approximate surface area is 219 Å². The van der Waals surface area contributed by atoms with E-state index in [-0.39, 0.29) is 0 Å². The second-order valence-corrected chi connectivity index (χ2v) is 9.03. The Morgan fingerprint density at radius 1 is 0.486 bits per heavy atom. The molecule has 6 rings (SSSR count). The van der Waals surface area contributed by atoms with Gasteiger partial charge in [0.25, 0.3) is 0 Å². The molecule has 0 saturated heterocycles. The van der Waals surface area contributed by atoms with Crippen molar-refractivity contribution in [1.82, 2.24) is 0 Å². The fourth-order valence-electron chi connectivity index (χ4n) is 4.88. The first kappa shape index (κ1) is 24.0. The van der Waals surface area contributed by atoms with Crippen LogP contribution in [0.25, 0.3) is 49.9 Å². The summed E-state index contributed by atoms with van der Waals surface area (Å²) in [5.41, 5.74) is 7.58. The first-order chi connectivity index (χ1) is 18.3. The largest absolute Gasteiger partial charge is 0.103 e. The van der Waals surface area contributed by atoms with Crippen LogP contribution in [-0.4, -0.2) is 0 Å². The minimum atomic E-state index is 0.922. The second kappa shape index (κ2) is 11.4. The number of fused-ring (bicyclic) bond motifs is 2. The van der Waals surface area contributed by atoms with Gasteiger partial charge in [-0.2, -0.15) is 0 Å². The second-order valence-electron chi connectivity index (χ2n) is 9.03. The topological polar surface area (TPSA) is 0 Å². The number of allylic oxidation sites excluding steroid dienone is 1. The Kier molecular flexibility index (Phi) is 7.39. The highest BCUT2D eigenvalue weighted by atomic mass is 14.1. The fourth-order valence-corrected chi connectivity index (χ4v) is 4.88. The van der Waals surface area contributed by atoms with E-state index in [0.29, 0.717) is 0 Å². The number of rotatable bonds is 5. The molecule has 6 aromatic rings. The van der Waals surface area contributed by atoms with Crippen LogP contribution in [-0.2, 0) is 6.42 Å². The lowest BCUT2D eigenvalue weighted by Crippen LogP contribution is -1.86. The molecule has 6 aromatic carbocycles. The Bertz CT molecular complexity index is 1670. The zero-order chi connectivity index (χ0) is 25.5. The zero-order valence-corrected chi connectivity index (χ0v) is 21.0. The molecule has 0 aliphatic carbocycles. The maximum Gasteiger partial charge on any atom is -0.00940 e. The number of hydrogen-bond acceptors (Lipinski definition) is 0. The van der Waals surface area contributed by atoms with Crippen LogP contribution in [0.4, 0.5) is 0 Å². The molecule has 37 heavy (non-hydrogen) atoms. The lowest BCUT2D eigenvalue weighted by Gasteiger charge is -2.11. The van der Waals surface area contributed by atoms with Gasteiger partial charge in [-0.25, -0.2) is 0 Å². The highest BCUT2D eigenvalue weighted by Gasteiger charge is 2.07. The maximum atomic E-state index is 3.95. The van der Waals surface area contributed by atoms with Crippen molar-refractivity contribution in [2.45, 2.75) is 6.42 Å². The molecule has 0 heteroatoms. The van der Waals surface area contributed by atoms with Crippen molar-refractivity contribution in [3.05, 3.63) is 164 Å². The van der Waals surface area contributed by atoms with Gasteiger partial charge in [0, 0.05) is 0 Å². The van der Waals surface area contributed by atoms with Gasteiger partial charge in [-0.15, -0.1) is 6.58 Å². The predicted octanol–water partition coefficient (Wildman–Crippen LogP) is 10.4. The number of benzene rings is 6. The van der Waals surface area contributed by atoms with E-state index in [0.717, 1.165) is 6.42 Å². The van der Waals surface area contributed by atoms with E-state index < -0.39 is 0 Å². The van der Waals surface area contributed by atoms with E-state index >= 15 is 0 Å². The first-order valence-corrected chi connectivity index (χ1v) is 12.7. The third-order valence-electron chi connectivity index (χ3n) is 6.68. The Morgan fingerprint density at radius 3 is 1.84 bits per heavy atom. The van der Waals surface area contributed by atoms with Gasteiger partial charge in [0.15, 0.2) is 0 Å². The molecular weight excluding hydrogens is 444 g/mol. The van der Waals surface area contributed by atoms with Crippen molar-refractivity contribution in [2.75, 3.05) is 0 Å². The lowest BCUT2D eigenvalue weighted by molar-refractivity contribution is 1.28. The van der Waals surface area contributed by atoms with Gasteiger partial charge in [-0.05, 0) is 73.5 Å².